The number of amides is 1. The van der Waals surface area contributed by atoms with Gasteiger partial charge in [-0.25, -0.2) is 14.6 Å². The Bertz CT molecular complexity index is 671. The van der Waals surface area contributed by atoms with Gasteiger partial charge in [0.15, 0.2) is 5.69 Å². The zero-order valence-corrected chi connectivity index (χ0v) is 11.0. The van der Waals surface area contributed by atoms with E-state index in [1.165, 1.54) is 22.8 Å². The zero-order valence-electron chi connectivity index (χ0n) is 10.2. The molecule has 2 heterocycles. The van der Waals surface area contributed by atoms with Gasteiger partial charge in [0.05, 0.1) is 10.6 Å². The van der Waals surface area contributed by atoms with E-state index < -0.39 is 11.6 Å². The van der Waals surface area contributed by atoms with Crippen molar-refractivity contribution in [3.63, 3.8) is 0 Å². The molecule has 2 aromatic rings. The maximum Gasteiger partial charge on any atom is 0.355 e. The van der Waals surface area contributed by atoms with Crippen LogP contribution in [-0.4, -0.2) is 28.5 Å². The Hall–Kier alpha value is -2.48. The van der Waals surface area contributed by atoms with Gasteiger partial charge in [0.25, 0.3) is 5.91 Å². The lowest BCUT2D eigenvalue weighted by atomic mass is 10.3. The van der Waals surface area contributed by atoms with Gasteiger partial charge in [-0.05, 0) is 6.07 Å². The molecule has 0 spiro atoms. The summed E-state index contributed by atoms with van der Waals surface area (Å²) in [4.78, 5) is 37.0. The summed E-state index contributed by atoms with van der Waals surface area (Å²) in [7, 11) is 0. The normalized spacial score (nSPS) is 10.2. The van der Waals surface area contributed by atoms with Crippen molar-refractivity contribution in [2.75, 3.05) is 6.54 Å². The molecule has 0 saturated heterocycles. The molecule has 0 aromatic carbocycles. The van der Waals surface area contributed by atoms with Crippen molar-refractivity contribution in [1.82, 2.24) is 10.3 Å². The molecule has 8 heteroatoms. The van der Waals surface area contributed by atoms with Crippen molar-refractivity contribution in [2.24, 2.45) is 0 Å². The topological polar surface area (TPSA) is 110 Å². The zero-order chi connectivity index (χ0) is 14.5. The maximum atomic E-state index is 11.7. The Morgan fingerprint density at radius 1 is 1.40 bits per heavy atom. The summed E-state index contributed by atoms with van der Waals surface area (Å²) >= 11 is 1.22. The minimum absolute atomic E-state index is 0.00108. The lowest BCUT2D eigenvalue weighted by Crippen LogP contribution is -2.25. The Labute approximate surface area is 116 Å². The number of hydrogen-bond donors (Lipinski definition) is 2. The summed E-state index contributed by atoms with van der Waals surface area (Å²) in [5.41, 5.74) is -0.276. The highest BCUT2D eigenvalue weighted by molar-refractivity contribution is 7.09. The number of carbonyl (C=O) groups excluding carboxylic acids is 1. The molecule has 0 aliphatic heterocycles. The average molecular weight is 294 g/mol. The van der Waals surface area contributed by atoms with Crippen LogP contribution in [0.5, 0.6) is 0 Å². The number of nitrogens with one attached hydrogen (secondary N) is 1. The minimum Gasteiger partial charge on any atom is -0.476 e. The number of aromatic carboxylic acids is 1. The van der Waals surface area contributed by atoms with Gasteiger partial charge >= 0.3 is 11.6 Å². The Kier molecular flexibility index (Phi) is 4.26. The van der Waals surface area contributed by atoms with Crippen molar-refractivity contribution < 1.29 is 19.1 Å². The van der Waals surface area contributed by atoms with Crippen LogP contribution in [0.4, 0.5) is 0 Å². The van der Waals surface area contributed by atoms with Gasteiger partial charge in [-0.2, -0.15) is 0 Å². The molecule has 0 saturated carbocycles. The lowest BCUT2D eigenvalue weighted by molar-refractivity contribution is 0.0690. The average Bonchev–Trinajstić information content (AvgIpc) is 2.88. The fourth-order valence-electron chi connectivity index (χ4n) is 1.40. The van der Waals surface area contributed by atoms with Crippen LogP contribution in [0.15, 0.2) is 33.0 Å². The number of carboxylic acid groups (broad SMARTS) is 1. The highest BCUT2D eigenvalue weighted by Gasteiger charge is 2.09. The van der Waals surface area contributed by atoms with Crippen LogP contribution in [0.25, 0.3) is 0 Å². The molecule has 0 unspecified atom stereocenters. The lowest BCUT2D eigenvalue weighted by Gasteiger charge is -2.02. The molecule has 2 rings (SSSR count). The molecule has 104 valence electrons. The largest absolute Gasteiger partial charge is 0.476 e. The Balaban J connectivity index is 1.86. The molecule has 0 bridgehead atoms. The molecule has 0 atom stereocenters. The van der Waals surface area contributed by atoms with E-state index >= 15 is 0 Å². The Morgan fingerprint density at radius 3 is 2.80 bits per heavy atom. The number of thiazole rings is 1. The van der Waals surface area contributed by atoms with E-state index in [1.54, 1.807) is 0 Å². The number of nitrogens with zero attached hydrogens (tertiary/aromatic N) is 1. The monoisotopic (exact) mass is 294 g/mol. The quantitative estimate of drug-likeness (QED) is 0.842. The SMILES string of the molecule is O=C(NCCc1nc(C(=O)O)cs1)c1ccc(=O)oc1. The molecular formula is C12H10N2O5S. The first kappa shape index (κ1) is 13.9. The fourth-order valence-corrected chi connectivity index (χ4v) is 2.17. The highest BCUT2D eigenvalue weighted by Crippen LogP contribution is 2.09. The van der Waals surface area contributed by atoms with E-state index in [9.17, 15) is 14.4 Å². The number of hydrogen-bond acceptors (Lipinski definition) is 6. The number of aromatic nitrogens is 1. The van der Waals surface area contributed by atoms with Gasteiger partial charge in [-0.15, -0.1) is 11.3 Å². The smallest absolute Gasteiger partial charge is 0.355 e. The van der Waals surface area contributed by atoms with Crippen molar-refractivity contribution >= 4 is 23.2 Å². The van der Waals surface area contributed by atoms with E-state index in [0.29, 0.717) is 18.0 Å². The molecule has 20 heavy (non-hydrogen) atoms. The first-order valence-electron chi connectivity index (χ1n) is 5.61. The summed E-state index contributed by atoms with van der Waals surface area (Å²) in [5.74, 6) is -1.44. The minimum atomic E-state index is -1.07. The maximum absolute atomic E-state index is 11.7. The van der Waals surface area contributed by atoms with Crippen molar-refractivity contribution in [3.05, 3.63) is 50.5 Å². The number of carbonyl (C=O) groups is 2. The predicted octanol–water partition coefficient (Wildman–Crippen LogP) is 0.767. The summed E-state index contributed by atoms with van der Waals surface area (Å²) in [6, 6.07) is 2.53. The summed E-state index contributed by atoms with van der Waals surface area (Å²) in [5, 5.41) is 13.4. The van der Waals surface area contributed by atoms with Crippen LogP contribution in [0.1, 0.15) is 25.9 Å². The molecular weight excluding hydrogens is 284 g/mol. The van der Waals surface area contributed by atoms with E-state index in [0.717, 1.165) is 12.3 Å². The van der Waals surface area contributed by atoms with Crippen LogP contribution in [0, 0.1) is 0 Å². The second kappa shape index (κ2) is 6.11. The van der Waals surface area contributed by atoms with E-state index in [4.69, 9.17) is 5.11 Å². The van der Waals surface area contributed by atoms with Crippen LogP contribution in [0.3, 0.4) is 0 Å². The molecule has 2 aromatic heterocycles. The van der Waals surface area contributed by atoms with Gasteiger partial charge < -0.3 is 14.8 Å². The van der Waals surface area contributed by atoms with Crippen molar-refractivity contribution in [3.8, 4) is 0 Å². The molecule has 0 radical (unpaired) electrons. The molecule has 0 aliphatic carbocycles. The predicted molar refractivity (Wildman–Crippen MR) is 70.1 cm³/mol. The van der Waals surface area contributed by atoms with Crippen molar-refractivity contribution in [2.45, 2.75) is 6.42 Å². The van der Waals surface area contributed by atoms with Crippen LogP contribution in [0.2, 0.25) is 0 Å². The summed E-state index contributed by atoms with van der Waals surface area (Å²) < 4.78 is 4.58. The molecule has 7 nitrogen and oxygen atoms in total. The van der Waals surface area contributed by atoms with E-state index in [1.807, 2.05) is 0 Å². The second-order valence-electron chi connectivity index (χ2n) is 3.78. The molecule has 0 fully saturated rings. The first-order chi connectivity index (χ1) is 9.56. The molecule has 0 aliphatic rings. The third kappa shape index (κ3) is 3.51. The van der Waals surface area contributed by atoms with Gasteiger partial charge in [0.2, 0.25) is 0 Å². The number of rotatable bonds is 5. The highest BCUT2D eigenvalue weighted by atomic mass is 32.1. The first-order valence-corrected chi connectivity index (χ1v) is 6.49. The summed E-state index contributed by atoms with van der Waals surface area (Å²) in [6.45, 7) is 0.310. The van der Waals surface area contributed by atoms with E-state index in [2.05, 4.69) is 14.7 Å². The van der Waals surface area contributed by atoms with Gasteiger partial charge in [0.1, 0.15) is 6.26 Å². The number of carboxylic acids is 1. The van der Waals surface area contributed by atoms with E-state index in [-0.39, 0.29) is 17.2 Å². The van der Waals surface area contributed by atoms with Gasteiger partial charge in [-0.1, -0.05) is 0 Å². The molecule has 1 amide bonds. The Morgan fingerprint density at radius 2 is 2.20 bits per heavy atom. The van der Waals surface area contributed by atoms with Gasteiger partial charge in [0, 0.05) is 24.4 Å². The standard InChI is InChI=1S/C12H10N2O5S/c15-10-2-1-7(5-19-10)11(16)13-4-3-9-14-8(6-20-9)12(17)18/h1-2,5-6H,3-4H2,(H,13,16)(H,17,18). The fraction of sp³-hybridized carbons (Fsp3) is 0.167. The summed E-state index contributed by atoms with van der Waals surface area (Å²) in [6.07, 6.45) is 1.52. The van der Waals surface area contributed by atoms with Crippen molar-refractivity contribution in [1.29, 1.82) is 0 Å². The van der Waals surface area contributed by atoms with Crippen LogP contribution < -0.4 is 10.9 Å². The van der Waals surface area contributed by atoms with Gasteiger partial charge in [-0.3, -0.25) is 4.79 Å². The second-order valence-corrected chi connectivity index (χ2v) is 4.72. The van der Waals surface area contributed by atoms with Crippen LogP contribution in [-0.2, 0) is 6.42 Å². The third-order valence-corrected chi connectivity index (χ3v) is 3.27. The third-order valence-electron chi connectivity index (χ3n) is 2.36. The van der Waals surface area contributed by atoms with Crippen LogP contribution >= 0.6 is 11.3 Å². The molecule has 2 N–H and O–H groups in total.